The number of rotatable bonds is 21. The summed E-state index contributed by atoms with van der Waals surface area (Å²) in [6.07, 6.45) is 2.46. The number of aliphatic hydroxyl groups is 3. The van der Waals surface area contributed by atoms with Crippen molar-refractivity contribution in [3.05, 3.63) is 238 Å². The minimum Gasteiger partial charge on any atom is -0.509 e. The van der Waals surface area contributed by atoms with Gasteiger partial charge in [-0.15, -0.1) is 0 Å². The molecule has 0 aliphatic carbocycles. The summed E-state index contributed by atoms with van der Waals surface area (Å²) in [4.78, 5) is 58.0. The highest BCUT2D eigenvalue weighted by Gasteiger charge is 2.46. The molecule has 33 nitrogen and oxygen atoms in total. The maximum atomic E-state index is 13.2. The van der Waals surface area contributed by atoms with Crippen LogP contribution in [0.5, 0.6) is 57.5 Å². The molecule has 7 heterocycles. The number of hydrogen-bond donors (Lipinski definition) is 14. The van der Waals surface area contributed by atoms with E-state index < -0.39 is 29.5 Å². The summed E-state index contributed by atoms with van der Waals surface area (Å²) in [7, 11) is 15.5. The lowest BCUT2D eigenvalue weighted by molar-refractivity contribution is -0.132. The summed E-state index contributed by atoms with van der Waals surface area (Å²) in [6.45, 7) is 3.96. The highest BCUT2D eigenvalue weighted by atomic mass is 16.5. The SMILES string of the molecule is CC[C@@H]1C(=O)C(=C2Cc3ccccc3N2)C(=N)N1c1cc(OC)cc(OC)c1.CC[C@H]1C(=O)C(=C2Cc3ccccc3N2)C(=N)N1c1cc(OC)cc(OC)c1.COc1cc(OC)cc(N2CC(O)=C(C(=N)N)C2=N)c1.COc1cc(OC)cc(N2CC(O)=C(C(=O)Nc3ccccc3)C2=N)c1.COc1cc(OC)cc(N2CC(O)=C(C(=O)O)C2=N)c1. The predicted molar refractivity (Wildman–Crippen MR) is 467 cm³/mol. The minimum atomic E-state index is -1.33. The van der Waals surface area contributed by atoms with Crippen molar-refractivity contribution in [2.24, 2.45) is 5.73 Å². The van der Waals surface area contributed by atoms with E-state index in [2.05, 4.69) is 16.0 Å². The molecule has 15 rings (SSSR count). The molecule has 7 aliphatic rings. The summed E-state index contributed by atoms with van der Waals surface area (Å²) in [5.41, 5.74) is 15.5. The van der Waals surface area contributed by atoms with Gasteiger partial charge in [-0.2, -0.15) is 0 Å². The van der Waals surface area contributed by atoms with Gasteiger partial charge in [0.25, 0.3) is 5.91 Å². The van der Waals surface area contributed by atoms with Crippen molar-refractivity contribution in [3.63, 3.8) is 0 Å². The number of methoxy groups -OCH3 is 10. The van der Waals surface area contributed by atoms with Crippen LogP contribution in [-0.4, -0.2) is 182 Å². The van der Waals surface area contributed by atoms with E-state index >= 15 is 0 Å². The second-order valence-electron chi connectivity index (χ2n) is 27.8. The van der Waals surface area contributed by atoms with Crippen molar-refractivity contribution in [3.8, 4) is 57.5 Å². The van der Waals surface area contributed by atoms with E-state index in [1.807, 2.05) is 92.7 Å². The average Bonchev–Trinajstić information content (AvgIpc) is 1.61. The lowest BCUT2D eigenvalue weighted by atomic mass is 10.0. The number of ketones is 2. The molecule has 8 aromatic rings. The number of nitrogens with two attached hydrogens (primary N) is 1. The van der Waals surface area contributed by atoms with Gasteiger partial charge in [0.05, 0.1) is 148 Å². The van der Waals surface area contributed by atoms with Gasteiger partial charge >= 0.3 is 5.97 Å². The number of fused-ring (bicyclic) bond motifs is 2. The van der Waals surface area contributed by atoms with Crippen molar-refractivity contribution in [2.75, 3.05) is 131 Å². The molecule has 7 aliphatic heterocycles. The van der Waals surface area contributed by atoms with Crippen molar-refractivity contribution in [2.45, 2.75) is 51.6 Å². The lowest BCUT2D eigenvalue weighted by Crippen LogP contribution is -2.34. The average molecular weight is 1660 g/mol. The minimum absolute atomic E-state index is 0.0205. The van der Waals surface area contributed by atoms with E-state index in [0.29, 0.717) is 128 Å². The first-order valence-corrected chi connectivity index (χ1v) is 38.1. The van der Waals surface area contributed by atoms with Gasteiger partial charge in [0, 0.05) is 132 Å². The number of carbonyl (C=O) groups excluding carboxylic acids is 3. The highest BCUT2D eigenvalue weighted by Crippen LogP contribution is 2.43. The Morgan fingerprint density at radius 1 is 0.410 bits per heavy atom. The van der Waals surface area contributed by atoms with Gasteiger partial charge in [0.2, 0.25) is 0 Å². The molecule has 15 N–H and O–H groups in total. The smallest absolute Gasteiger partial charge is 0.343 e. The molecule has 1 amide bonds. The maximum absolute atomic E-state index is 13.2. The summed E-state index contributed by atoms with van der Waals surface area (Å²) >= 11 is 0. The quantitative estimate of drug-likeness (QED) is 0.0180. The Morgan fingerprint density at radius 2 is 0.689 bits per heavy atom. The van der Waals surface area contributed by atoms with Crippen LogP contribution in [-0.2, 0) is 32.0 Å². The number of nitrogens with one attached hydrogen (secondary N) is 9. The van der Waals surface area contributed by atoms with Gasteiger partial charge in [0.1, 0.15) is 121 Å². The first-order chi connectivity index (χ1) is 58.6. The van der Waals surface area contributed by atoms with Gasteiger partial charge in [-0.05, 0) is 48.2 Å². The Morgan fingerprint density at radius 3 is 0.967 bits per heavy atom. The normalized spacial score (nSPS) is 17.4. The zero-order valence-electron chi connectivity index (χ0n) is 69.1. The van der Waals surface area contributed by atoms with Crippen molar-refractivity contribution in [1.29, 1.82) is 32.5 Å². The summed E-state index contributed by atoms with van der Waals surface area (Å²) < 4.78 is 52.6. The molecular weight excluding hydrogens is 1570 g/mol. The van der Waals surface area contributed by atoms with E-state index in [4.69, 9.17) is 90.7 Å². The number of aliphatic carboxylic acids is 1. The Kier molecular flexibility index (Phi) is 27.4. The zero-order valence-corrected chi connectivity index (χ0v) is 69.1. The molecule has 0 saturated carbocycles. The van der Waals surface area contributed by atoms with Gasteiger partial charge in [-0.3, -0.25) is 46.8 Å². The number of hydrogen-bond acceptors (Lipinski definition) is 25. The van der Waals surface area contributed by atoms with Crippen LogP contribution in [0.25, 0.3) is 0 Å². The third-order valence-corrected chi connectivity index (χ3v) is 20.6. The largest absolute Gasteiger partial charge is 0.509 e. The first kappa shape index (κ1) is 87.4. The molecule has 122 heavy (non-hydrogen) atoms. The van der Waals surface area contributed by atoms with Crippen LogP contribution in [0, 0.1) is 32.5 Å². The third-order valence-electron chi connectivity index (χ3n) is 20.6. The number of aliphatic hydroxyl groups excluding tert-OH is 3. The molecule has 0 aromatic heterocycles. The summed E-state index contributed by atoms with van der Waals surface area (Å²) in [5, 5.41) is 97.4. The van der Waals surface area contributed by atoms with Crippen LogP contribution in [0.3, 0.4) is 0 Å². The molecule has 0 unspecified atom stereocenters. The number of Topliss-reactive ketones (excluding diaryl/α,β-unsaturated/α-hetero) is 2. The predicted octanol–water partition coefficient (Wildman–Crippen LogP) is 13.1. The van der Waals surface area contributed by atoms with Crippen LogP contribution in [0.2, 0.25) is 0 Å². The number of ether oxygens (including phenoxy) is 10. The highest BCUT2D eigenvalue weighted by molar-refractivity contribution is 6.36. The fraction of sp³-hybridized carbons (Fsp3) is 0.236. The Labute approximate surface area is 703 Å². The van der Waals surface area contributed by atoms with E-state index in [0.717, 1.165) is 33.9 Å². The molecule has 0 spiro atoms. The van der Waals surface area contributed by atoms with Crippen LogP contribution in [0.4, 0.5) is 45.5 Å². The Balaban J connectivity index is 0.000000150. The second kappa shape index (κ2) is 38.3. The second-order valence-corrected chi connectivity index (χ2v) is 27.8. The lowest BCUT2D eigenvalue weighted by Gasteiger charge is -2.24. The summed E-state index contributed by atoms with van der Waals surface area (Å²) in [6, 6.07) is 50.1. The molecule has 2 fully saturated rings. The fourth-order valence-corrected chi connectivity index (χ4v) is 14.5. The van der Waals surface area contributed by atoms with Gasteiger partial charge in [-0.1, -0.05) is 68.4 Å². The van der Waals surface area contributed by atoms with E-state index in [9.17, 15) is 34.5 Å². The third kappa shape index (κ3) is 18.4. The molecule has 0 radical (unpaired) electrons. The first-order valence-electron chi connectivity index (χ1n) is 38.1. The number of carboxylic acid groups (broad SMARTS) is 1. The number of anilines is 8. The van der Waals surface area contributed by atoms with Crippen LogP contribution in [0.15, 0.2) is 226 Å². The van der Waals surface area contributed by atoms with Crippen molar-refractivity contribution in [1.82, 2.24) is 0 Å². The van der Waals surface area contributed by atoms with Gasteiger partial charge < -0.3 is 114 Å². The number of nitrogens with zero attached hydrogens (tertiary/aromatic N) is 5. The topological polar surface area (TPSA) is 463 Å². The van der Waals surface area contributed by atoms with Crippen LogP contribution < -0.4 is 93.6 Å². The number of carboxylic acids is 1. The molecule has 2 saturated heterocycles. The Bertz CT molecular complexity index is 5230. The van der Waals surface area contributed by atoms with Crippen LogP contribution in [0.1, 0.15) is 37.8 Å². The van der Waals surface area contributed by atoms with E-state index in [-0.39, 0.29) is 94.6 Å². The monoisotopic (exact) mass is 1660 g/mol. The fourth-order valence-electron chi connectivity index (χ4n) is 14.5. The number of carbonyl (C=O) groups is 4. The van der Waals surface area contributed by atoms with Gasteiger partial charge in [0.15, 0.2) is 11.6 Å². The van der Waals surface area contributed by atoms with E-state index in [1.54, 1.807) is 129 Å². The molecular formula is C89H95N15O18. The molecule has 2 atom stereocenters. The van der Waals surface area contributed by atoms with Crippen molar-refractivity contribution < 1.29 is 87.0 Å². The number of benzene rings is 8. The maximum Gasteiger partial charge on any atom is 0.343 e. The number of para-hydroxylation sites is 3. The number of allylic oxidation sites excluding steroid dienone is 2. The zero-order chi connectivity index (χ0) is 88.1. The van der Waals surface area contributed by atoms with Crippen LogP contribution >= 0.6 is 0 Å². The summed E-state index contributed by atoms with van der Waals surface area (Å²) in [5.74, 6) is 2.95. The number of amidine groups is 6. The Hall–Kier alpha value is -15.4. The molecule has 33 heteroatoms. The van der Waals surface area contributed by atoms with E-state index in [1.165, 1.54) is 57.4 Å². The standard InChI is InChI=1S/2C22H23N3O3.C19H19N3O4.C13H16N4O3.C13H14N2O5/c2*1-4-19-21(26)20(18-9-13-7-5-6-8-17(13)24-18)22(23)25(19)14-10-15(27-2)12-16(11-14)28-3;1-25-14-8-13(9-15(10-14)26-2)22-11-16(23)17(18(22)20)19(24)21-12-6-4-3-5-7-12;1-19-8-3-7(4-9(5-8)20-2)17-6-10(18)11(12(14)15)13(17)16;1-19-8-3-7(4-9(5-8)20-2)15-6-10(16)11(12(15)14)13(17)18/h2*5-8,10-12,19,23-24H,4,9H2,1-3H3;3-10,20,23H,11H2,1-2H3,(H,21,24);3-5,16,18H,6H2,1-2H3,(H3,14,15);3-5,14,16H,6H2,1-2H3,(H,17,18)/t2*19-;;;/m10.../s1. The molecule has 8 aromatic carbocycles. The number of amides is 1. The van der Waals surface area contributed by atoms with Crippen molar-refractivity contribution >= 4 is 104 Å². The molecule has 634 valence electrons. The van der Waals surface area contributed by atoms with Gasteiger partial charge in [-0.25, -0.2) is 4.79 Å². The molecule has 0 bridgehead atoms.